The van der Waals surface area contributed by atoms with Crippen LogP contribution < -0.4 is 4.74 Å². The van der Waals surface area contributed by atoms with Gasteiger partial charge in [0.2, 0.25) is 5.91 Å². The molecule has 0 unspecified atom stereocenters. The van der Waals surface area contributed by atoms with E-state index in [1.165, 1.54) is 12.1 Å². The van der Waals surface area contributed by atoms with Crippen LogP contribution in [0.1, 0.15) is 12.8 Å². The van der Waals surface area contributed by atoms with Crippen molar-refractivity contribution in [2.24, 2.45) is 11.8 Å². The number of halogens is 1. The Hall–Kier alpha value is -1.62. The first-order valence-corrected chi connectivity index (χ1v) is 7.87. The first-order valence-electron chi connectivity index (χ1n) is 7.87. The van der Waals surface area contributed by atoms with Gasteiger partial charge in [-0.25, -0.2) is 4.39 Å². The fourth-order valence-electron chi connectivity index (χ4n) is 3.65. The van der Waals surface area contributed by atoms with E-state index in [1.807, 2.05) is 23.9 Å². The zero-order chi connectivity index (χ0) is 15.7. The quantitative estimate of drug-likeness (QED) is 0.853. The fraction of sp³-hybridized carbons (Fsp3) is 0.588. The average molecular weight is 306 g/mol. The highest BCUT2D eigenvalue weighted by Crippen LogP contribution is 2.40. The molecule has 1 aromatic rings. The molecule has 1 heterocycles. The van der Waals surface area contributed by atoms with Crippen molar-refractivity contribution in [1.29, 1.82) is 0 Å². The summed E-state index contributed by atoms with van der Waals surface area (Å²) in [6, 6.07) is 6.30. The Kier molecular flexibility index (Phi) is 4.34. The summed E-state index contributed by atoms with van der Waals surface area (Å²) in [4.78, 5) is 16.0. The van der Waals surface area contributed by atoms with Crippen molar-refractivity contribution < 1.29 is 13.9 Å². The van der Waals surface area contributed by atoms with Gasteiger partial charge in [-0.1, -0.05) is 6.07 Å². The minimum atomic E-state index is -0.277. The van der Waals surface area contributed by atoms with Gasteiger partial charge < -0.3 is 14.5 Å². The van der Waals surface area contributed by atoms with Gasteiger partial charge in [-0.3, -0.25) is 4.79 Å². The summed E-state index contributed by atoms with van der Waals surface area (Å²) in [6.07, 6.45) is 2.15. The molecule has 120 valence electrons. The van der Waals surface area contributed by atoms with Crippen molar-refractivity contribution in [2.75, 3.05) is 33.7 Å². The minimum Gasteiger partial charge on any atom is -0.490 e. The Morgan fingerprint density at radius 2 is 2.18 bits per heavy atom. The van der Waals surface area contributed by atoms with Crippen molar-refractivity contribution in [3.05, 3.63) is 30.1 Å². The molecule has 1 aliphatic heterocycles. The zero-order valence-corrected chi connectivity index (χ0v) is 13.2. The normalized spacial score (nSPS) is 27.3. The number of rotatable bonds is 4. The maximum Gasteiger partial charge on any atom is 0.236 e. The number of fused-ring (bicyclic) bond motifs is 1. The Morgan fingerprint density at radius 3 is 2.91 bits per heavy atom. The minimum absolute atomic E-state index is 0.0870. The molecule has 2 aliphatic rings. The molecular weight excluding hydrogens is 283 g/mol. The van der Waals surface area contributed by atoms with E-state index in [4.69, 9.17) is 4.74 Å². The highest BCUT2D eigenvalue weighted by molar-refractivity contribution is 5.78. The number of nitrogens with zero attached hydrogens (tertiary/aromatic N) is 2. The highest BCUT2D eigenvalue weighted by Gasteiger charge is 2.45. The van der Waals surface area contributed by atoms with Crippen LogP contribution in [0.3, 0.4) is 0 Å². The van der Waals surface area contributed by atoms with Crippen molar-refractivity contribution >= 4 is 5.91 Å². The predicted octanol–water partition coefficient (Wildman–Crippen LogP) is 2.00. The molecule has 0 aromatic heterocycles. The standard InChI is InChI=1S/C17H23FN2O2/c1-19(2)11-17(21)20-9-12-6-7-16(15(12)10-20)22-14-5-3-4-13(18)8-14/h3-5,8,12,15-16H,6-7,9-11H2,1-2H3/t12-,15+,16-/m0/s1. The number of hydrogen-bond donors (Lipinski definition) is 0. The fourth-order valence-corrected chi connectivity index (χ4v) is 3.65. The Balaban J connectivity index is 1.61. The van der Waals surface area contributed by atoms with Crippen LogP contribution >= 0.6 is 0 Å². The van der Waals surface area contributed by atoms with Crippen LogP contribution in [0.4, 0.5) is 4.39 Å². The third kappa shape index (κ3) is 3.24. The second kappa shape index (κ2) is 6.24. The topological polar surface area (TPSA) is 32.8 Å². The molecule has 1 saturated heterocycles. The SMILES string of the molecule is CN(C)CC(=O)N1C[C@@H]2CC[C@H](Oc3cccc(F)c3)[C@@H]2C1. The number of carbonyl (C=O) groups is 1. The third-order valence-electron chi connectivity index (χ3n) is 4.68. The van der Waals surface area contributed by atoms with E-state index in [0.29, 0.717) is 24.1 Å². The second-order valence-electron chi connectivity index (χ2n) is 6.65. The third-order valence-corrected chi connectivity index (χ3v) is 4.68. The van der Waals surface area contributed by atoms with Gasteiger partial charge in [-0.2, -0.15) is 0 Å². The van der Waals surface area contributed by atoms with Crippen molar-refractivity contribution in [2.45, 2.75) is 18.9 Å². The summed E-state index contributed by atoms with van der Waals surface area (Å²) < 4.78 is 19.3. The maximum absolute atomic E-state index is 13.3. The van der Waals surface area contributed by atoms with Crippen molar-refractivity contribution in [3.63, 3.8) is 0 Å². The lowest BCUT2D eigenvalue weighted by Gasteiger charge is -2.23. The van der Waals surface area contributed by atoms with Crippen molar-refractivity contribution in [1.82, 2.24) is 9.80 Å². The average Bonchev–Trinajstić information content (AvgIpc) is 3.00. The zero-order valence-electron chi connectivity index (χ0n) is 13.2. The Bertz CT molecular complexity index is 549. The van der Waals surface area contributed by atoms with Gasteiger partial charge in [0, 0.05) is 25.1 Å². The summed E-state index contributed by atoms with van der Waals surface area (Å²) in [6.45, 7) is 2.05. The van der Waals surface area contributed by atoms with E-state index in [9.17, 15) is 9.18 Å². The van der Waals surface area contributed by atoms with E-state index in [2.05, 4.69) is 0 Å². The summed E-state index contributed by atoms with van der Waals surface area (Å²) in [5.74, 6) is 1.38. The van der Waals surface area contributed by atoms with E-state index in [0.717, 1.165) is 25.9 Å². The number of amides is 1. The maximum atomic E-state index is 13.3. The van der Waals surface area contributed by atoms with Crippen LogP contribution in [0.25, 0.3) is 0 Å². The van der Waals surface area contributed by atoms with Gasteiger partial charge in [0.1, 0.15) is 17.7 Å². The Morgan fingerprint density at radius 1 is 1.36 bits per heavy atom. The first kappa shape index (κ1) is 15.3. The summed E-state index contributed by atoms with van der Waals surface area (Å²) in [7, 11) is 3.81. The van der Waals surface area contributed by atoms with Crippen LogP contribution in [0, 0.1) is 17.7 Å². The van der Waals surface area contributed by atoms with Crippen LogP contribution in [-0.2, 0) is 4.79 Å². The van der Waals surface area contributed by atoms with Crippen LogP contribution in [-0.4, -0.2) is 55.5 Å². The molecular formula is C17H23FN2O2. The molecule has 1 aromatic carbocycles. The van der Waals surface area contributed by atoms with E-state index < -0.39 is 0 Å². The molecule has 22 heavy (non-hydrogen) atoms. The number of likely N-dealkylation sites (N-methyl/N-ethyl adjacent to an activating group) is 1. The van der Waals surface area contributed by atoms with Gasteiger partial charge in [0.05, 0.1) is 6.54 Å². The molecule has 2 fully saturated rings. The molecule has 3 atom stereocenters. The lowest BCUT2D eigenvalue weighted by Crippen LogP contribution is -2.37. The smallest absolute Gasteiger partial charge is 0.236 e. The molecule has 1 saturated carbocycles. The lowest BCUT2D eigenvalue weighted by atomic mass is 9.99. The number of benzene rings is 1. The van der Waals surface area contributed by atoms with Crippen molar-refractivity contribution in [3.8, 4) is 5.75 Å². The van der Waals surface area contributed by atoms with Crippen LogP contribution in [0.5, 0.6) is 5.75 Å². The summed E-state index contributed by atoms with van der Waals surface area (Å²) >= 11 is 0. The summed E-state index contributed by atoms with van der Waals surface area (Å²) in [5.41, 5.74) is 0. The lowest BCUT2D eigenvalue weighted by molar-refractivity contribution is -0.131. The number of hydrogen-bond acceptors (Lipinski definition) is 3. The highest BCUT2D eigenvalue weighted by atomic mass is 19.1. The van der Waals surface area contributed by atoms with E-state index in [1.54, 1.807) is 12.1 Å². The molecule has 0 spiro atoms. The largest absolute Gasteiger partial charge is 0.490 e. The molecule has 0 radical (unpaired) electrons. The first-order chi connectivity index (χ1) is 10.5. The molecule has 0 N–H and O–H groups in total. The van der Waals surface area contributed by atoms with Gasteiger partial charge in [0.25, 0.3) is 0 Å². The molecule has 0 bridgehead atoms. The van der Waals surface area contributed by atoms with Gasteiger partial charge in [0.15, 0.2) is 0 Å². The van der Waals surface area contributed by atoms with Gasteiger partial charge >= 0.3 is 0 Å². The van der Waals surface area contributed by atoms with E-state index >= 15 is 0 Å². The van der Waals surface area contributed by atoms with Crippen LogP contribution in [0.2, 0.25) is 0 Å². The predicted molar refractivity (Wildman–Crippen MR) is 82.2 cm³/mol. The number of carbonyl (C=O) groups excluding carboxylic acids is 1. The number of ether oxygens (including phenoxy) is 1. The number of likely N-dealkylation sites (tertiary alicyclic amines) is 1. The van der Waals surface area contributed by atoms with Gasteiger partial charge in [-0.15, -0.1) is 0 Å². The molecule has 4 nitrogen and oxygen atoms in total. The molecule has 1 aliphatic carbocycles. The molecule has 3 rings (SSSR count). The second-order valence-corrected chi connectivity index (χ2v) is 6.65. The van der Waals surface area contributed by atoms with E-state index in [-0.39, 0.29) is 17.8 Å². The summed E-state index contributed by atoms with van der Waals surface area (Å²) in [5, 5.41) is 0. The molecule has 5 heteroatoms. The van der Waals surface area contributed by atoms with Crippen LogP contribution in [0.15, 0.2) is 24.3 Å². The monoisotopic (exact) mass is 306 g/mol. The Labute approximate surface area is 130 Å². The molecule has 1 amide bonds. The van der Waals surface area contributed by atoms with Gasteiger partial charge in [-0.05, 0) is 45.0 Å².